The van der Waals surface area contributed by atoms with Crippen LogP contribution >= 0.6 is 0 Å². The van der Waals surface area contributed by atoms with Gasteiger partial charge in [-0.05, 0) is 57.0 Å². The average molecular weight is 346 g/mol. The van der Waals surface area contributed by atoms with E-state index in [0.29, 0.717) is 11.3 Å². The number of fused-ring (bicyclic) bond motifs is 1. The van der Waals surface area contributed by atoms with Gasteiger partial charge >= 0.3 is 0 Å². The molecule has 1 saturated heterocycles. The molecule has 4 rings (SSSR count). The van der Waals surface area contributed by atoms with Crippen LogP contribution in [0.3, 0.4) is 0 Å². The second kappa shape index (κ2) is 6.75. The van der Waals surface area contributed by atoms with Crippen molar-refractivity contribution >= 4 is 28.3 Å². The van der Waals surface area contributed by atoms with Gasteiger partial charge in [-0.15, -0.1) is 0 Å². The van der Waals surface area contributed by atoms with Crippen LogP contribution in [0, 0.1) is 13.8 Å². The maximum atomic E-state index is 12.7. The number of pyridine rings is 2. The molecule has 0 unspecified atom stereocenters. The largest absolute Gasteiger partial charge is 0.357 e. The molecule has 0 saturated carbocycles. The van der Waals surface area contributed by atoms with Gasteiger partial charge in [0.25, 0.3) is 5.91 Å². The summed E-state index contributed by atoms with van der Waals surface area (Å²) < 4.78 is 0. The molecular weight excluding hydrogens is 324 g/mol. The highest BCUT2D eigenvalue weighted by atomic mass is 16.1. The predicted octanol–water partition coefficient (Wildman–Crippen LogP) is 4.10. The molecule has 1 aromatic carbocycles. The van der Waals surface area contributed by atoms with Gasteiger partial charge in [0.15, 0.2) is 0 Å². The highest BCUT2D eigenvalue weighted by Crippen LogP contribution is 2.21. The Labute approximate surface area is 153 Å². The zero-order valence-corrected chi connectivity index (χ0v) is 15.1. The van der Waals surface area contributed by atoms with Crippen molar-refractivity contribution in [3.8, 4) is 0 Å². The standard InChI is InChI=1S/C21H22N4O/c1-14-5-7-19-16(11-14)12-18(15(2)23-19)21(26)24-17-6-8-20(22-13-17)25-9-3-4-10-25/h5-8,11-13H,3-4,9-10H2,1-2H3,(H,24,26). The molecule has 5 heteroatoms. The number of benzene rings is 1. The fourth-order valence-corrected chi connectivity index (χ4v) is 3.41. The minimum Gasteiger partial charge on any atom is -0.357 e. The summed E-state index contributed by atoms with van der Waals surface area (Å²) in [6.45, 7) is 6.01. The van der Waals surface area contributed by atoms with E-state index in [1.54, 1.807) is 6.20 Å². The first-order valence-electron chi connectivity index (χ1n) is 9.00. The number of carbonyl (C=O) groups is 1. The van der Waals surface area contributed by atoms with Crippen LogP contribution < -0.4 is 10.2 Å². The van der Waals surface area contributed by atoms with E-state index in [2.05, 4.69) is 20.2 Å². The molecule has 2 aromatic heterocycles. The van der Waals surface area contributed by atoms with E-state index in [1.807, 2.05) is 50.2 Å². The summed E-state index contributed by atoms with van der Waals surface area (Å²) in [6.07, 6.45) is 4.15. The van der Waals surface area contributed by atoms with Gasteiger partial charge in [-0.2, -0.15) is 0 Å². The number of hydrogen-bond donors (Lipinski definition) is 1. The molecule has 1 aliphatic heterocycles. The van der Waals surface area contributed by atoms with E-state index >= 15 is 0 Å². The monoisotopic (exact) mass is 346 g/mol. The maximum Gasteiger partial charge on any atom is 0.257 e. The second-order valence-corrected chi connectivity index (χ2v) is 6.87. The van der Waals surface area contributed by atoms with Crippen LogP contribution in [0.25, 0.3) is 10.9 Å². The number of aryl methyl sites for hydroxylation is 2. The van der Waals surface area contributed by atoms with E-state index < -0.39 is 0 Å². The molecular formula is C21H22N4O. The van der Waals surface area contributed by atoms with Crippen LogP contribution in [0.15, 0.2) is 42.6 Å². The van der Waals surface area contributed by atoms with E-state index in [-0.39, 0.29) is 5.91 Å². The number of carbonyl (C=O) groups excluding carboxylic acids is 1. The summed E-state index contributed by atoms with van der Waals surface area (Å²) in [7, 11) is 0. The SMILES string of the molecule is Cc1ccc2nc(C)c(C(=O)Nc3ccc(N4CCCC4)nc3)cc2c1. The van der Waals surface area contributed by atoms with Crippen molar-refractivity contribution in [2.24, 2.45) is 0 Å². The molecule has 0 bridgehead atoms. The summed E-state index contributed by atoms with van der Waals surface area (Å²) in [4.78, 5) is 24.0. The molecule has 1 N–H and O–H groups in total. The maximum absolute atomic E-state index is 12.7. The first-order chi connectivity index (χ1) is 12.6. The fraction of sp³-hybridized carbons (Fsp3) is 0.286. The lowest BCUT2D eigenvalue weighted by atomic mass is 10.1. The van der Waals surface area contributed by atoms with Crippen LogP contribution in [0.5, 0.6) is 0 Å². The molecule has 26 heavy (non-hydrogen) atoms. The lowest BCUT2D eigenvalue weighted by molar-refractivity contribution is 0.102. The summed E-state index contributed by atoms with van der Waals surface area (Å²) in [5, 5.41) is 3.91. The number of hydrogen-bond acceptors (Lipinski definition) is 4. The van der Waals surface area contributed by atoms with Crippen molar-refractivity contribution in [3.63, 3.8) is 0 Å². The average Bonchev–Trinajstić information content (AvgIpc) is 3.17. The van der Waals surface area contributed by atoms with Gasteiger partial charge < -0.3 is 10.2 Å². The van der Waals surface area contributed by atoms with Crippen molar-refractivity contribution in [2.45, 2.75) is 26.7 Å². The third-order valence-corrected chi connectivity index (χ3v) is 4.84. The lowest BCUT2D eigenvalue weighted by Gasteiger charge is -2.16. The summed E-state index contributed by atoms with van der Waals surface area (Å²) in [5.41, 5.74) is 4.06. The van der Waals surface area contributed by atoms with E-state index in [9.17, 15) is 4.79 Å². The van der Waals surface area contributed by atoms with Crippen molar-refractivity contribution in [2.75, 3.05) is 23.3 Å². The molecule has 1 amide bonds. The number of rotatable bonds is 3. The molecule has 0 radical (unpaired) electrons. The lowest BCUT2D eigenvalue weighted by Crippen LogP contribution is -2.19. The van der Waals surface area contributed by atoms with Crippen LogP contribution in [0.2, 0.25) is 0 Å². The Morgan fingerprint density at radius 3 is 2.62 bits per heavy atom. The second-order valence-electron chi connectivity index (χ2n) is 6.87. The van der Waals surface area contributed by atoms with Crippen LogP contribution in [0.1, 0.15) is 34.5 Å². The topological polar surface area (TPSA) is 58.1 Å². The van der Waals surface area contributed by atoms with Gasteiger partial charge in [-0.25, -0.2) is 4.98 Å². The van der Waals surface area contributed by atoms with Crippen LogP contribution in [-0.2, 0) is 0 Å². The Morgan fingerprint density at radius 1 is 1.08 bits per heavy atom. The van der Waals surface area contributed by atoms with Crippen LogP contribution in [0.4, 0.5) is 11.5 Å². The van der Waals surface area contributed by atoms with Gasteiger partial charge in [0.1, 0.15) is 5.82 Å². The number of anilines is 2. The quantitative estimate of drug-likeness (QED) is 0.776. The van der Waals surface area contributed by atoms with Crippen molar-refractivity contribution in [1.29, 1.82) is 0 Å². The van der Waals surface area contributed by atoms with Gasteiger partial charge in [-0.3, -0.25) is 9.78 Å². The fourth-order valence-electron chi connectivity index (χ4n) is 3.41. The van der Waals surface area contributed by atoms with Gasteiger partial charge in [0.2, 0.25) is 0 Å². The van der Waals surface area contributed by atoms with Crippen molar-refractivity contribution in [1.82, 2.24) is 9.97 Å². The molecule has 5 nitrogen and oxygen atoms in total. The van der Waals surface area contributed by atoms with E-state index in [1.165, 1.54) is 12.8 Å². The summed E-state index contributed by atoms with van der Waals surface area (Å²) in [6, 6.07) is 11.8. The molecule has 3 heterocycles. The Kier molecular flexibility index (Phi) is 4.29. The highest BCUT2D eigenvalue weighted by molar-refractivity contribution is 6.06. The molecule has 1 aliphatic rings. The Hall–Kier alpha value is -2.95. The first kappa shape index (κ1) is 16.5. The molecule has 0 atom stereocenters. The smallest absolute Gasteiger partial charge is 0.257 e. The van der Waals surface area contributed by atoms with Crippen molar-refractivity contribution < 1.29 is 4.79 Å². The Morgan fingerprint density at radius 2 is 1.88 bits per heavy atom. The van der Waals surface area contributed by atoms with E-state index in [0.717, 1.165) is 41.1 Å². The zero-order chi connectivity index (χ0) is 18.1. The molecule has 3 aromatic rings. The van der Waals surface area contributed by atoms with Gasteiger partial charge in [0, 0.05) is 18.5 Å². The van der Waals surface area contributed by atoms with Gasteiger partial charge in [-0.1, -0.05) is 11.6 Å². The Balaban J connectivity index is 1.55. The predicted molar refractivity (Wildman–Crippen MR) is 105 cm³/mol. The minimum atomic E-state index is -0.158. The molecule has 1 fully saturated rings. The minimum absolute atomic E-state index is 0.158. The number of amides is 1. The summed E-state index contributed by atoms with van der Waals surface area (Å²) >= 11 is 0. The van der Waals surface area contributed by atoms with E-state index in [4.69, 9.17) is 0 Å². The third kappa shape index (κ3) is 3.25. The molecule has 0 aliphatic carbocycles. The number of nitrogens with zero attached hydrogens (tertiary/aromatic N) is 3. The van der Waals surface area contributed by atoms with Crippen LogP contribution in [-0.4, -0.2) is 29.0 Å². The summed E-state index contributed by atoms with van der Waals surface area (Å²) in [5.74, 6) is 0.814. The Bertz CT molecular complexity index is 960. The zero-order valence-electron chi connectivity index (χ0n) is 15.1. The van der Waals surface area contributed by atoms with Crippen molar-refractivity contribution in [3.05, 3.63) is 59.4 Å². The molecule has 0 spiro atoms. The van der Waals surface area contributed by atoms with Gasteiger partial charge in [0.05, 0.1) is 28.7 Å². The number of aromatic nitrogens is 2. The third-order valence-electron chi connectivity index (χ3n) is 4.84. The highest BCUT2D eigenvalue weighted by Gasteiger charge is 2.15. The number of nitrogens with one attached hydrogen (secondary N) is 1. The molecule has 132 valence electrons. The first-order valence-corrected chi connectivity index (χ1v) is 9.00. The normalized spacial score (nSPS) is 14.0.